The van der Waals surface area contributed by atoms with Crippen LogP contribution in [0.3, 0.4) is 0 Å². The van der Waals surface area contributed by atoms with E-state index < -0.39 is 0 Å². The Labute approximate surface area is 98.9 Å². The number of nitrogens with two attached hydrogens (primary N) is 1. The first-order chi connectivity index (χ1) is 7.16. The van der Waals surface area contributed by atoms with Crippen LogP contribution in [0.2, 0.25) is 0 Å². The first-order valence-electron chi connectivity index (χ1n) is 4.51. The summed E-state index contributed by atoms with van der Waals surface area (Å²) in [6, 6.07) is 10.7. The maximum atomic E-state index is 13.0. The number of hydrogen-bond acceptors (Lipinski definition) is 2. The summed E-state index contributed by atoms with van der Waals surface area (Å²) < 4.78 is 13.0. The summed E-state index contributed by atoms with van der Waals surface area (Å²) in [5.41, 5.74) is 7.28. The lowest BCUT2D eigenvalue weighted by atomic mass is 10.0. The monoisotopic (exact) mass is 239 g/mol. The molecule has 0 aliphatic rings. The van der Waals surface area contributed by atoms with Crippen LogP contribution in [-0.4, -0.2) is 5.11 Å². The van der Waals surface area contributed by atoms with Gasteiger partial charge in [0.15, 0.2) is 0 Å². The molecule has 0 aromatic heterocycles. The first-order valence-corrected chi connectivity index (χ1v) is 4.51. The zero-order chi connectivity index (χ0) is 10.8. The number of benzene rings is 2. The van der Waals surface area contributed by atoms with Gasteiger partial charge in [0, 0.05) is 11.3 Å². The number of hydrogen-bond donors (Lipinski definition) is 2. The fourth-order valence-corrected chi connectivity index (χ4v) is 1.44. The van der Waals surface area contributed by atoms with Gasteiger partial charge in [-0.25, -0.2) is 4.39 Å². The Morgan fingerprint density at radius 1 is 1.06 bits per heavy atom. The van der Waals surface area contributed by atoms with Crippen LogP contribution in [0, 0.1) is 5.82 Å². The molecule has 0 atom stereocenters. The van der Waals surface area contributed by atoms with Crippen molar-refractivity contribution in [2.45, 2.75) is 0 Å². The van der Waals surface area contributed by atoms with E-state index in [-0.39, 0.29) is 24.0 Å². The molecule has 0 spiro atoms. The maximum absolute atomic E-state index is 13.0. The van der Waals surface area contributed by atoms with Gasteiger partial charge in [-0.15, -0.1) is 12.4 Å². The quantitative estimate of drug-likeness (QED) is 0.593. The van der Waals surface area contributed by atoms with E-state index in [1.54, 1.807) is 24.3 Å². The van der Waals surface area contributed by atoms with E-state index in [0.717, 1.165) is 0 Å². The second-order valence-corrected chi connectivity index (χ2v) is 3.29. The third-order valence-corrected chi connectivity index (χ3v) is 2.16. The Morgan fingerprint density at radius 3 is 2.50 bits per heavy atom. The fraction of sp³-hybridized carbons (Fsp3) is 0. The zero-order valence-electron chi connectivity index (χ0n) is 8.35. The van der Waals surface area contributed by atoms with Crippen LogP contribution in [0.5, 0.6) is 5.75 Å². The van der Waals surface area contributed by atoms with Crippen LogP contribution >= 0.6 is 12.4 Å². The Hall–Kier alpha value is -1.74. The molecule has 0 saturated heterocycles. The Bertz CT molecular complexity index is 502. The van der Waals surface area contributed by atoms with E-state index >= 15 is 0 Å². The SMILES string of the molecule is Cl.Nc1ccc(O)c(-c2cccc(F)c2)c1. The fourth-order valence-electron chi connectivity index (χ4n) is 1.44. The van der Waals surface area contributed by atoms with E-state index in [2.05, 4.69) is 0 Å². The molecule has 2 aromatic rings. The number of nitrogen functional groups attached to an aromatic ring is 1. The van der Waals surface area contributed by atoms with Crippen LogP contribution in [0.15, 0.2) is 42.5 Å². The van der Waals surface area contributed by atoms with Gasteiger partial charge in [0.25, 0.3) is 0 Å². The van der Waals surface area contributed by atoms with Crippen molar-refractivity contribution in [1.82, 2.24) is 0 Å². The van der Waals surface area contributed by atoms with Gasteiger partial charge in [0.05, 0.1) is 0 Å². The molecule has 0 amide bonds. The highest BCUT2D eigenvalue weighted by atomic mass is 35.5. The summed E-state index contributed by atoms with van der Waals surface area (Å²) in [5, 5.41) is 9.60. The molecule has 0 aliphatic heterocycles. The van der Waals surface area contributed by atoms with Gasteiger partial charge in [-0.05, 0) is 35.9 Å². The molecule has 4 heteroatoms. The molecule has 2 rings (SSSR count). The Kier molecular flexibility index (Phi) is 3.74. The summed E-state index contributed by atoms with van der Waals surface area (Å²) in [7, 11) is 0. The second kappa shape index (κ2) is 4.86. The third kappa shape index (κ3) is 2.44. The van der Waals surface area contributed by atoms with E-state index in [1.807, 2.05) is 0 Å². The molecular weight excluding hydrogens is 229 g/mol. The van der Waals surface area contributed by atoms with Gasteiger partial charge >= 0.3 is 0 Å². The molecule has 0 fully saturated rings. The predicted octanol–water partition coefficient (Wildman–Crippen LogP) is 3.20. The van der Waals surface area contributed by atoms with E-state index in [4.69, 9.17) is 5.73 Å². The average molecular weight is 240 g/mol. The minimum atomic E-state index is -0.339. The van der Waals surface area contributed by atoms with Crippen molar-refractivity contribution in [3.63, 3.8) is 0 Å². The summed E-state index contributed by atoms with van der Waals surface area (Å²) in [4.78, 5) is 0. The lowest BCUT2D eigenvalue weighted by molar-refractivity contribution is 0.477. The predicted molar refractivity (Wildman–Crippen MR) is 65.2 cm³/mol. The lowest BCUT2D eigenvalue weighted by Gasteiger charge is -2.05. The van der Waals surface area contributed by atoms with Crippen molar-refractivity contribution in [2.75, 3.05) is 5.73 Å². The number of rotatable bonds is 1. The molecule has 0 aliphatic carbocycles. The van der Waals surface area contributed by atoms with Crippen LogP contribution in [-0.2, 0) is 0 Å². The Morgan fingerprint density at radius 2 is 1.81 bits per heavy atom. The molecule has 0 saturated carbocycles. The lowest BCUT2D eigenvalue weighted by Crippen LogP contribution is -1.86. The van der Waals surface area contributed by atoms with Gasteiger partial charge in [0.2, 0.25) is 0 Å². The highest BCUT2D eigenvalue weighted by molar-refractivity contribution is 5.85. The van der Waals surface area contributed by atoms with Crippen molar-refractivity contribution < 1.29 is 9.50 Å². The van der Waals surface area contributed by atoms with E-state index in [9.17, 15) is 9.50 Å². The van der Waals surface area contributed by atoms with Crippen molar-refractivity contribution in [3.05, 3.63) is 48.3 Å². The molecule has 0 heterocycles. The average Bonchev–Trinajstić information content (AvgIpc) is 2.22. The molecule has 2 nitrogen and oxygen atoms in total. The van der Waals surface area contributed by atoms with Crippen molar-refractivity contribution in [1.29, 1.82) is 0 Å². The standard InChI is InChI=1S/C12H10FNO.ClH/c13-9-3-1-2-8(6-9)11-7-10(14)4-5-12(11)15;/h1-7,15H,14H2;1H. The largest absolute Gasteiger partial charge is 0.507 e. The minimum absolute atomic E-state index is 0. The summed E-state index contributed by atoms with van der Waals surface area (Å²) in [5.74, 6) is -0.246. The zero-order valence-corrected chi connectivity index (χ0v) is 9.17. The van der Waals surface area contributed by atoms with Gasteiger partial charge in [-0.1, -0.05) is 12.1 Å². The summed E-state index contributed by atoms with van der Waals surface area (Å²) in [6.45, 7) is 0. The topological polar surface area (TPSA) is 46.2 Å². The third-order valence-electron chi connectivity index (χ3n) is 2.16. The molecule has 0 radical (unpaired) electrons. The van der Waals surface area contributed by atoms with E-state index in [1.165, 1.54) is 18.2 Å². The van der Waals surface area contributed by atoms with E-state index in [0.29, 0.717) is 16.8 Å². The maximum Gasteiger partial charge on any atom is 0.123 e. The molecular formula is C12H11ClFNO. The number of aromatic hydroxyl groups is 1. The van der Waals surface area contributed by atoms with Crippen molar-refractivity contribution in [2.24, 2.45) is 0 Å². The minimum Gasteiger partial charge on any atom is -0.507 e. The highest BCUT2D eigenvalue weighted by Crippen LogP contribution is 2.30. The Balaban J connectivity index is 0.00000128. The van der Waals surface area contributed by atoms with Crippen LogP contribution < -0.4 is 5.73 Å². The molecule has 0 bridgehead atoms. The normalized spacial score (nSPS) is 9.56. The number of anilines is 1. The van der Waals surface area contributed by atoms with Gasteiger partial charge < -0.3 is 10.8 Å². The molecule has 2 aromatic carbocycles. The number of phenols is 1. The van der Waals surface area contributed by atoms with Gasteiger partial charge in [-0.3, -0.25) is 0 Å². The van der Waals surface area contributed by atoms with Crippen LogP contribution in [0.25, 0.3) is 11.1 Å². The molecule has 3 N–H and O–H groups in total. The first kappa shape index (κ1) is 12.3. The van der Waals surface area contributed by atoms with Crippen molar-refractivity contribution >= 4 is 18.1 Å². The summed E-state index contributed by atoms with van der Waals surface area (Å²) >= 11 is 0. The number of halogens is 2. The molecule has 84 valence electrons. The van der Waals surface area contributed by atoms with Crippen LogP contribution in [0.4, 0.5) is 10.1 Å². The molecule has 0 unspecified atom stereocenters. The highest BCUT2D eigenvalue weighted by Gasteiger charge is 2.05. The van der Waals surface area contributed by atoms with Gasteiger partial charge in [-0.2, -0.15) is 0 Å². The number of phenolic OH excluding ortho intramolecular Hbond substituents is 1. The second-order valence-electron chi connectivity index (χ2n) is 3.29. The van der Waals surface area contributed by atoms with Crippen molar-refractivity contribution in [3.8, 4) is 16.9 Å². The van der Waals surface area contributed by atoms with Crippen LogP contribution in [0.1, 0.15) is 0 Å². The smallest absolute Gasteiger partial charge is 0.123 e. The summed E-state index contributed by atoms with van der Waals surface area (Å²) in [6.07, 6.45) is 0. The molecule has 16 heavy (non-hydrogen) atoms. The van der Waals surface area contributed by atoms with Gasteiger partial charge in [0.1, 0.15) is 11.6 Å².